The number of aliphatic imine (C=N–C) groups is 1. The molecule has 0 bridgehead atoms. The largest absolute Gasteiger partial charge is 0.444 e. The smallest absolute Gasteiger partial charge is 0.411 e. The number of amides is 1. The first kappa shape index (κ1) is 25.8. The van der Waals surface area contributed by atoms with E-state index in [0.29, 0.717) is 0 Å². The van der Waals surface area contributed by atoms with E-state index in [0.717, 1.165) is 62.5 Å². The Labute approximate surface area is 221 Å². The molecule has 4 aliphatic rings. The highest BCUT2D eigenvalue weighted by Crippen LogP contribution is 2.41. The van der Waals surface area contributed by atoms with Gasteiger partial charge < -0.3 is 19.4 Å². The second kappa shape index (κ2) is 10.1. The highest BCUT2D eigenvalue weighted by Gasteiger charge is 2.48. The number of nitrogens with zero attached hydrogens (tertiary/aromatic N) is 6. The number of amidine groups is 1. The molecular weight excluding hydrogens is 464 g/mol. The minimum atomic E-state index is -0.576. The molecule has 5 heterocycles. The summed E-state index contributed by atoms with van der Waals surface area (Å²) in [5.41, 5.74) is 1.49. The van der Waals surface area contributed by atoms with Gasteiger partial charge in [-0.05, 0) is 84.7 Å². The van der Waals surface area contributed by atoms with Crippen LogP contribution in [0.15, 0.2) is 47.4 Å². The van der Waals surface area contributed by atoms with Crippen LogP contribution in [-0.4, -0.2) is 93.5 Å². The number of carbonyl (C=O) groups is 1. The Hall–Kier alpha value is -2.87. The molecule has 1 amide bonds. The van der Waals surface area contributed by atoms with Gasteiger partial charge in [-0.1, -0.05) is 12.1 Å². The van der Waals surface area contributed by atoms with E-state index < -0.39 is 5.60 Å². The Morgan fingerprint density at radius 3 is 2.59 bits per heavy atom. The van der Waals surface area contributed by atoms with E-state index in [9.17, 15) is 4.79 Å². The van der Waals surface area contributed by atoms with E-state index in [1.807, 2.05) is 37.9 Å². The second-order valence-electron chi connectivity index (χ2n) is 11.9. The molecule has 0 radical (unpaired) electrons. The lowest BCUT2D eigenvalue weighted by Gasteiger charge is -2.46. The van der Waals surface area contributed by atoms with Crippen molar-refractivity contribution >= 4 is 11.9 Å². The fourth-order valence-corrected chi connectivity index (χ4v) is 6.19. The van der Waals surface area contributed by atoms with Crippen LogP contribution in [0.1, 0.15) is 64.3 Å². The number of aromatic nitrogens is 1. The lowest BCUT2D eigenvalue weighted by molar-refractivity contribution is -0.0131. The predicted octanol–water partition coefficient (Wildman–Crippen LogP) is 4.35. The molecular formula is C29H42N6O2. The van der Waals surface area contributed by atoms with Gasteiger partial charge in [-0.15, -0.1) is 0 Å². The van der Waals surface area contributed by atoms with Crippen LogP contribution in [0.25, 0.3) is 0 Å². The molecule has 37 heavy (non-hydrogen) atoms. The monoisotopic (exact) mass is 506 g/mol. The number of pyridine rings is 1. The molecule has 2 unspecified atom stereocenters. The zero-order chi connectivity index (χ0) is 26.3. The van der Waals surface area contributed by atoms with Crippen LogP contribution in [0.2, 0.25) is 0 Å². The molecule has 0 spiro atoms. The van der Waals surface area contributed by atoms with Crippen molar-refractivity contribution in [2.24, 2.45) is 4.99 Å². The summed E-state index contributed by atoms with van der Waals surface area (Å²) in [5, 5.41) is 0. The molecule has 8 nitrogen and oxygen atoms in total. The van der Waals surface area contributed by atoms with Gasteiger partial charge in [0.05, 0.1) is 29.9 Å². The number of likely N-dealkylation sites (N-methyl/N-ethyl adjacent to an activating group) is 1. The van der Waals surface area contributed by atoms with Gasteiger partial charge in [-0.25, -0.2) is 4.79 Å². The Morgan fingerprint density at radius 1 is 1.14 bits per heavy atom. The summed E-state index contributed by atoms with van der Waals surface area (Å²) in [4.78, 5) is 33.0. The molecule has 0 aromatic carbocycles. The maximum Gasteiger partial charge on any atom is 0.411 e. The SMILES string of the molecule is Cc1cccnc1[C@H]1CCC[C@@H](C2N=C3C=CC=C(N4CCN(C)CC4)N3C2C)N1C(=O)OC(C)(C)C. The predicted molar refractivity (Wildman–Crippen MR) is 146 cm³/mol. The summed E-state index contributed by atoms with van der Waals surface area (Å²) < 4.78 is 6.00. The standard InChI is InChI=1S/C29H42N6O2/c1-20-10-9-15-30-26(20)22-11-7-12-23(35(22)28(36)37-29(3,4)5)27-21(2)34-24(31-27)13-8-14-25(34)33-18-16-32(6)17-19-33/h8-10,13-15,21-23,27H,7,11-12,16-19H2,1-6H3/t21?,22-,23+,27?/m1/s1. The third kappa shape index (κ3) is 5.13. The highest BCUT2D eigenvalue weighted by molar-refractivity contribution is 5.97. The number of hydrogen-bond acceptors (Lipinski definition) is 7. The van der Waals surface area contributed by atoms with Crippen LogP contribution in [0.4, 0.5) is 4.79 Å². The average molecular weight is 507 g/mol. The minimum Gasteiger partial charge on any atom is -0.444 e. The first-order valence-corrected chi connectivity index (χ1v) is 13.8. The second-order valence-corrected chi connectivity index (χ2v) is 11.9. The van der Waals surface area contributed by atoms with Crippen molar-refractivity contribution in [3.05, 3.63) is 53.6 Å². The lowest BCUT2D eigenvalue weighted by atomic mass is 9.86. The number of fused-ring (bicyclic) bond motifs is 1. The molecule has 0 saturated carbocycles. The van der Waals surface area contributed by atoms with E-state index in [1.165, 1.54) is 5.82 Å². The number of ether oxygens (including phenoxy) is 1. The summed E-state index contributed by atoms with van der Waals surface area (Å²) in [6, 6.07) is 3.93. The summed E-state index contributed by atoms with van der Waals surface area (Å²) in [6.07, 6.45) is 10.8. The van der Waals surface area contributed by atoms with Crippen LogP contribution < -0.4 is 0 Å². The Balaban J connectivity index is 1.46. The zero-order valence-corrected chi connectivity index (χ0v) is 23.2. The number of allylic oxidation sites excluding steroid dienone is 2. The van der Waals surface area contributed by atoms with Crippen molar-refractivity contribution in [3.63, 3.8) is 0 Å². The topological polar surface area (TPSA) is 64.5 Å². The number of likely N-dealkylation sites (tertiary alicyclic amines) is 1. The van der Waals surface area contributed by atoms with E-state index in [-0.39, 0.29) is 30.3 Å². The molecule has 200 valence electrons. The first-order chi connectivity index (χ1) is 17.6. The molecule has 1 aromatic rings. The average Bonchev–Trinajstić information content (AvgIpc) is 3.20. The van der Waals surface area contributed by atoms with Gasteiger partial charge in [-0.3, -0.25) is 14.9 Å². The molecule has 1 aromatic heterocycles. The van der Waals surface area contributed by atoms with Gasteiger partial charge in [0.1, 0.15) is 17.3 Å². The van der Waals surface area contributed by atoms with Crippen LogP contribution in [-0.2, 0) is 4.74 Å². The molecule has 2 fully saturated rings. The van der Waals surface area contributed by atoms with Gasteiger partial charge in [-0.2, -0.15) is 0 Å². The fraction of sp³-hybridized carbons (Fsp3) is 0.621. The Bertz CT molecular complexity index is 1100. The van der Waals surface area contributed by atoms with Gasteiger partial charge in [0.2, 0.25) is 0 Å². The Morgan fingerprint density at radius 2 is 1.89 bits per heavy atom. The van der Waals surface area contributed by atoms with Crippen molar-refractivity contribution < 1.29 is 9.53 Å². The van der Waals surface area contributed by atoms with Crippen molar-refractivity contribution in [2.75, 3.05) is 33.2 Å². The summed E-state index contributed by atoms with van der Waals surface area (Å²) in [7, 11) is 2.18. The van der Waals surface area contributed by atoms with Crippen molar-refractivity contribution in [1.82, 2.24) is 24.6 Å². The highest BCUT2D eigenvalue weighted by atomic mass is 16.6. The van der Waals surface area contributed by atoms with Crippen LogP contribution in [0, 0.1) is 6.92 Å². The number of piperazine rings is 1. The van der Waals surface area contributed by atoms with E-state index in [4.69, 9.17) is 14.7 Å². The first-order valence-electron chi connectivity index (χ1n) is 13.8. The summed E-state index contributed by atoms with van der Waals surface area (Å²) >= 11 is 0. The number of piperidine rings is 1. The fourth-order valence-electron chi connectivity index (χ4n) is 6.19. The molecule has 0 N–H and O–H groups in total. The van der Waals surface area contributed by atoms with Crippen LogP contribution >= 0.6 is 0 Å². The molecule has 4 atom stereocenters. The van der Waals surface area contributed by atoms with E-state index in [2.05, 4.69) is 59.9 Å². The van der Waals surface area contributed by atoms with E-state index >= 15 is 0 Å². The van der Waals surface area contributed by atoms with Gasteiger partial charge in [0.15, 0.2) is 0 Å². The number of aryl methyl sites for hydroxylation is 1. The Kier molecular flexibility index (Phi) is 7.05. The molecule has 0 aliphatic carbocycles. The normalized spacial score (nSPS) is 28.6. The minimum absolute atomic E-state index is 0.0482. The summed E-state index contributed by atoms with van der Waals surface area (Å²) in [6.45, 7) is 14.3. The van der Waals surface area contributed by atoms with Crippen molar-refractivity contribution in [2.45, 2.75) is 83.6 Å². The molecule has 8 heteroatoms. The summed E-state index contributed by atoms with van der Waals surface area (Å²) in [5.74, 6) is 2.22. The number of rotatable bonds is 3. The number of hydrogen-bond donors (Lipinski definition) is 0. The van der Waals surface area contributed by atoms with Gasteiger partial charge in [0, 0.05) is 32.4 Å². The third-order valence-electron chi connectivity index (χ3n) is 8.03. The maximum atomic E-state index is 13.8. The molecule has 5 rings (SSSR count). The van der Waals surface area contributed by atoms with Crippen LogP contribution in [0.5, 0.6) is 0 Å². The maximum absolute atomic E-state index is 13.8. The zero-order valence-electron chi connectivity index (χ0n) is 23.2. The molecule has 2 saturated heterocycles. The van der Waals surface area contributed by atoms with E-state index in [1.54, 1.807) is 0 Å². The number of carbonyl (C=O) groups excluding carboxylic acids is 1. The van der Waals surface area contributed by atoms with Gasteiger partial charge >= 0.3 is 6.09 Å². The quantitative estimate of drug-likeness (QED) is 0.607. The third-order valence-corrected chi connectivity index (χ3v) is 8.03. The van der Waals surface area contributed by atoms with Crippen molar-refractivity contribution in [1.29, 1.82) is 0 Å². The van der Waals surface area contributed by atoms with Gasteiger partial charge in [0.25, 0.3) is 0 Å². The lowest BCUT2D eigenvalue weighted by Crippen LogP contribution is -2.56. The molecule has 4 aliphatic heterocycles. The van der Waals surface area contributed by atoms with Crippen molar-refractivity contribution in [3.8, 4) is 0 Å². The van der Waals surface area contributed by atoms with Crippen LogP contribution in [0.3, 0.4) is 0 Å².